The Kier molecular flexibility index (Phi) is 4.06. The van der Waals surface area contributed by atoms with Gasteiger partial charge < -0.3 is 5.32 Å². The van der Waals surface area contributed by atoms with Crippen LogP contribution in [0.25, 0.3) is 10.9 Å². The lowest BCUT2D eigenvalue weighted by atomic mass is 9.83. The predicted octanol–water partition coefficient (Wildman–Crippen LogP) is 4.34. The molecule has 21 heavy (non-hydrogen) atoms. The summed E-state index contributed by atoms with van der Waals surface area (Å²) in [6.45, 7) is 3.26. The lowest BCUT2D eigenvalue weighted by molar-refractivity contribution is 0.300. The van der Waals surface area contributed by atoms with Crippen molar-refractivity contribution in [1.82, 2.24) is 4.98 Å². The lowest BCUT2D eigenvalue weighted by Crippen LogP contribution is -2.20. The van der Waals surface area contributed by atoms with E-state index < -0.39 is 0 Å². The van der Waals surface area contributed by atoms with Gasteiger partial charge in [-0.15, -0.1) is 0 Å². The summed E-state index contributed by atoms with van der Waals surface area (Å²) in [5, 5.41) is 13.7. The zero-order chi connectivity index (χ0) is 14.7. The second-order valence-electron chi connectivity index (χ2n) is 6.20. The summed E-state index contributed by atoms with van der Waals surface area (Å²) in [7, 11) is 0. The maximum Gasteiger partial charge on any atom is 0.144 e. The smallest absolute Gasteiger partial charge is 0.144 e. The first kappa shape index (κ1) is 13.9. The molecule has 1 N–H and O–H groups in total. The molecule has 0 bridgehead atoms. The quantitative estimate of drug-likeness (QED) is 0.909. The van der Waals surface area contributed by atoms with E-state index in [1.165, 1.54) is 25.7 Å². The van der Waals surface area contributed by atoms with Gasteiger partial charge in [0.15, 0.2) is 0 Å². The van der Waals surface area contributed by atoms with Crippen LogP contribution in [0.1, 0.15) is 38.2 Å². The van der Waals surface area contributed by atoms with Crippen molar-refractivity contribution in [3.8, 4) is 6.07 Å². The van der Waals surface area contributed by atoms with Gasteiger partial charge in [0.1, 0.15) is 11.9 Å². The number of aromatic nitrogens is 1. The van der Waals surface area contributed by atoms with Crippen molar-refractivity contribution in [2.45, 2.75) is 32.6 Å². The number of hydrogen-bond donors (Lipinski definition) is 1. The number of hydrogen-bond acceptors (Lipinski definition) is 3. The van der Waals surface area contributed by atoms with E-state index in [0.717, 1.165) is 29.2 Å². The molecule has 1 fully saturated rings. The summed E-state index contributed by atoms with van der Waals surface area (Å²) in [5.41, 5.74) is 1.58. The minimum Gasteiger partial charge on any atom is -0.369 e. The lowest BCUT2D eigenvalue weighted by Gasteiger charge is -2.26. The van der Waals surface area contributed by atoms with Gasteiger partial charge in [-0.3, -0.25) is 0 Å². The third kappa shape index (κ3) is 3.16. The number of para-hydroxylation sites is 1. The van der Waals surface area contributed by atoms with E-state index in [1.54, 1.807) is 0 Å². The zero-order valence-electron chi connectivity index (χ0n) is 12.5. The predicted molar refractivity (Wildman–Crippen MR) is 86.1 cm³/mol. The molecular weight excluding hydrogens is 258 g/mol. The fourth-order valence-corrected chi connectivity index (χ4v) is 3.11. The fourth-order valence-electron chi connectivity index (χ4n) is 3.11. The summed E-state index contributed by atoms with van der Waals surface area (Å²) in [6, 6.07) is 12.1. The summed E-state index contributed by atoms with van der Waals surface area (Å²) in [4.78, 5) is 4.61. The molecule has 3 heteroatoms. The van der Waals surface area contributed by atoms with Gasteiger partial charge >= 0.3 is 0 Å². The average Bonchev–Trinajstić information content (AvgIpc) is 2.53. The number of fused-ring (bicyclic) bond motifs is 1. The average molecular weight is 279 g/mol. The highest BCUT2D eigenvalue weighted by atomic mass is 15.0. The van der Waals surface area contributed by atoms with Crippen LogP contribution in [0.4, 0.5) is 5.82 Å². The molecule has 1 aromatic carbocycles. The first-order valence-corrected chi connectivity index (χ1v) is 7.80. The second-order valence-corrected chi connectivity index (χ2v) is 6.20. The van der Waals surface area contributed by atoms with Crippen molar-refractivity contribution in [2.24, 2.45) is 11.8 Å². The number of nitrogens with one attached hydrogen (secondary N) is 1. The van der Waals surface area contributed by atoms with Crippen LogP contribution in [0.5, 0.6) is 0 Å². The van der Waals surface area contributed by atoms with Crippen molar-refractivity contribution in [2.75, 3.05) is 11.9 Å². The molecule has 1 aromatic heterocycles. The number of anilines is 1. The van der Waals surface area contributed by atoms with E-state index in [9.17, 15) is 5.26 Å². The molecule has 1 aliphatic carbocycles. The van der Waals surface area contributed by atoms with Crippen LogP contribution in [0.2, 0.25) is 0 Å². The number of nitrogens with zero attached hydrogens (tertiary/aromatic N) is 2. The van der Waals surface area contributed by atoms with E-state index in [2.05, 4.69) is 23.3 Å². The van der Waals surface area contributed by atoms with Gasteiger partial charge in [-0.2, -0.15) is 5.26 Å². The molecule has 1 aliphatic rings. The second kappa shape index (κ2) is 6.13. The minimum atomic E-state index is 0.637. The van der Waals surface area contributed by atoms with E-state index >= 15 is 0 Å². The molecule has 0 amide bonds. The van der Waals surface area contributed by atoms with Gasteiger partial charge in [0.05, 0.1) is 11.1 Å². The van der Waals surface area contributed by atoms with Gasteiger partial charge in [0.25, 0.3) is 0 Å². The minimum absolute atomic E-state index is 0.637. The summed E-state index contributed by atoms with van der Waals surface area (Å²) in [6.07, 6.45) is 5.21. The van der Waals surface area contributed by atoms with Gasteiger partial charge in [0, 0.05) is 11.9 Å². The molecule has 1 saturated carbocycles. The molecule has 1 heterocycles. The molecule has 0 aliphatic heterocycles. The standard InChI is InChI=1S/C18H21N3/c1-13-6-8-14(9-7-13)12-20-18-16(11-19)10-15-4-2-3-5-17(15)21-18/h2-5,10,13-14H,6-9,12H2,1H3,(H,20,21). The van der Waals surface area contributed by atoms with Crippen LogP contribution in [-0.2, 0) is 0 Å². The highest BCUT2D eigenvalue weighted by Crippen LogP contribution is 2.29. The Morgan fingerprint density at radius 3 is 2.76 bits per heavy atom. The molecule has 0 radical (unpaired) electrons. The van der Waals surface area contributed by atoms with Crippen LogP contribution in [0.15, 0.2) is 30.3 Å². The van der Waals surface area contributed by atoms with Crippen LogP contribution < -0.4 is 5.32 Å². The third-order valence-corrected chi connectivity index (χ3v) is 4.54. The van der Waals surface area contributed by atoms with Crippen molar-refractivity contribution in [1.29, 1.82) is 5.26 Å². The number of nitriles is 1. The van der Waals surface area contributed by atoms with Crippen molar-refractivity contribution < 1.29 is 0 Å². The summed E-state index contributed by atoms with van der Waals surface area (Å²) >= 11 is 0. The van der Waals surface area contributed by atoms with Crippen molar-refractivity contribution in [3.63, 3.8) is 0 Å². The zero-order valence-corrected chi connectivity index (χ0v) is 12.5. The van der Waals surface area contributed by atoms with Gasteiger partial charge in [-0.25, -0.2) is 4.98 Å². The molecule has 2 aromatic rings. The molecule has 0 saturated heterocycles. The van der Waals surface area contributed by atoms with Crippen LogP contribution >= 0.6 is 0 Å². The van der Waals surface area contributed by atoms with Gasteiger partial charge in [0.2, 0.25) is 0 Å². The molecule has 0 unspecified atom stereocenters. The SMILES string of the molecule is CC1CCC(CNc2nc3ccccc3cc2C#N)CC1. The normalized spacial score (nSPS) is 21.9. The van der Waals surface area contributed by atoms with Gasteiger partial charge in [-0.05, 0) is 36.8 Å². The maximum absolute atomic E-state index is 9.32. The van der Waals surface area contributed by atoms with Crippen molar-refractivity contribution in [3.05, 3.63) is 35.9 Å². The number of rotatable bonds is 3. The van der Waals surface area contributed by atoms with E-state index in [1.807, 2.05) is 30.3 Å². The summed E-state index contributed by atoms with van der Waals surface area (Å²) < 4.78 is 0. The Hall–Kier alpha value is -2.08. The van der Waals surface area contributed by atoms with Crippen LogP contribution in [-0.4, -0.2) is 11.5 Å². The van der Waals surface area contributed by atoms with E-state index in [0.29, 0.717) is 11.5 Å². The Morgan fingerprint density at radius 1 is 1.24 bits per heavy atom. The number of pyridine rings is 1. The van der Waals surface area contributed by atoms with Crippen molar-refractivity contribution >= 4 is 16.7 Å². The molecule has 0 atom stereocenters. The molecule has 3 rings (SSSR count). The molecule has 3 nitrogen and oxygen atoms in total. The monoisotopic (exact) mass is 279 g/mol. The maximum atomic E-state index is 9.32. The first-order valence-electron chi connectivity index (χ1n) is 7.80. The fraction of sp³-hybridized carbons (Fsp3) is 0.444. The topological polar surface area (TPSA) is 48.7 Å². The molecule has 108 valence electrons. The highest BCUT2D eigenvalue weighted by Gasteiger charge is 2.18. The largest absolute Gasteiger partial charge is 0.369 e. The van der Waals surface area contributed by atoms with E-state index in [4.69, 9.17) is 0 Å². The van der Waals surface area contributed by atoms with E-state index in [-0.39, 0.29) is 0 Å². The van der Waals surface area contributed by atoms with Crippen LogP contribution in [0.3, 0.4) is 0 Å². The van der Waals surface area contributed by atoms with Gasteiger partial charge in [-0.1, -0.05) is 38.0 Å². The van der Waals surface area contributed by atoms with Crippen LogP contribution in [0, 0.1) is 23.2 Å². The summed E-state index contributed by atoms with van der Waals surface area (Å²) in [5.74, 6) is 2.31. The first-order chi connectivity index (χ1) is 10.3. The Morgan fingerprint density at radius 2 is 2.00 bits per heavy atom. The number of benzene rings is 1. The Balaban J connectivity index is 1.75. The molecule has 0 spiro atoms. The highest BCUT2D eigenvalue weighted by molar-refractivity contribution is 5.82. The molecular formula is C18H21N3. The Bertz CT molecular complexity index is 664. The third-order valence-electron chi connectivity index (χ3n) is 4.54. The Labute approximate surface area is 126 Å².